The van der Waals surface area contributed by atoms with Crippen LogP contribution in [0.1, 0.15) is 21.5 Å². The lowest BCUT2D eigenvalue weighted by Crippen LogP contribution is -2.26. The van der Waals surface area contributed by atoms with Gasteiger partial charge in [-0.1, -0.05) is 0 Å². The van der Waals surface area contributed by atoms with E-state index in [0.29, 0.717) is 27.9 Å². The molecule has 7 heteroatoms. The van der Waals surface area contributed by atoms with Gasteiger partial charge in [-0.15, -0.1) is 0 Å². The highest BCUT2D eigenvalue weighted by atomic mass is 16.4. The predicted octanol–water partition coefficient (Wildman–Crippen LogP) is 4.05. The zero-order chi connectivity index (χ0) is 20.7. The van der Waals surface area contributed by atoms with Crippen LogP contribution in [-0.4, -0.2) is 23.0 Å². The standard InChI is InChI=1S/C22H18N2O5/c1-12-19(25)13(2)22(27)29-20(12)18-11-15-10-14(4-5-17(15)28-18)21(26)24(3)16-6-8-23-9-7-16/h4-11,25H,1-3H3. The van der Waals surface area contributed by atoms with E-state index in [1.54, 1.807) is 62.8 Å². The van der Waals surface area contributed by atoms with Crippen LogP contribution in [0.15, 0.2) is 62.4 Å². The van der Waals surface area contributed by atoms with Crippen LogP contribution < -0.4 is 10.5 Å². The van der Waals surface area contributed by atoms with E-state index in [4.69, 9.17) is 8.83 Å². The summed E-state index contributed by atoms with van der Waals surface area (Å²) in [5.41, 5.74) is 1.67. The zero-order valence-corrected chi connectivity index (χ0v) is 16.1. The van der Waals surface area contributed by atoms with Crippen molar-refractivity contribution in [3.05, 3.63) is 75.9 Å². The maximum atomic E-state index is 12.8. The van der Waals surface area contributed by atoms with E-state index in [-0.39, 0.29) is 23.0 Å². The maximum Gasteiger partial charge on any atom is 0.343 e. The summed E-state index contributed by atoms with van der Waals surface area (Å²) in [4.78, 5) is 30.3. The first-order valence-electron chi connectivity index (χ1n) is 8.92. The first-order chi connectivity index (χ1) is 13.9. The number of aromatic nitrogens is 1. The molecule has 4 rings (SSSR count). The number of fused-ring (bicyclic) bond motifs is 1. The number of furan rings is 1. The second-order valence-corrected chi connectivity index (χ2v) is 6.75. The highest BCUT2D eigenvalue weighted by molar-refractivity contribution is 6.07. The number of anilines is 1. The molecule has 0 saturated heterocycles. The molecular weight excluding hydrogens is 372 g/mol. The van der Waals surface area contributed by atoms with Crippen molar-refractivity contribution in [1.29, 1.82) is 0 Å². The predicted molar refractivity (Wildman–Crippen MR) is 108 cm³/mol. The van der Waals surface area contributed by atoms with Gasteiger partial charge < -0.3 is 18.8 Å². The van der Waals surface area contributed by atoms with E-state index in [1.165, 1.54) is 11.8 Å². The molecule has 0 saturated carbocycles. The molecule has 0 unspecified atom stereocenters. The Morgan fingerprint density at radius 2 is 1.76 bits per heavy atom. The van der Waals surface area contributed by atoms with Gasteiger partial charge in [-0.3, -0.25) is 9.78 Å². The van der Waals surface area contributed by atoms with Gasteiger partial charge in [0, 0.05) is 41.6 Å². The topological polar surface area (TPSA) is 96.8 Å². The Hall–Kier alpha value is -3.87. The normalized spacial score (nSPS) is 11.0. The number of aromatic hydroxyl groups is 1. The lowest BCUT2D eigenvalue weighted by atomic mass is 10.1. The average molecular weight is 390 g/mol. The molecule has 1 aromatic carbocycles. The van der Waals surface area contributed by atoms with E-state index in [9.17, 15) is 14.7 Å². The fourth-order valence-corrected chi connectivity index (χ4v) is 3.13. The van der Waals surface area contributed by atoms with Crippen molar-refractivity contribution in [2.24, 2.45) is 0 Å². The number of rotatable bonds is 3. The number of hydrogen-bond acceptors (Lipinski definition) is 6. The van der Waals surface area contributed by atoms with E-state index in [1.807, 2.05) is 0 Å². The Bertz CT molecular complexity index is 1290. The van der Waals surface area contributed by atoms with Crippen molar-refractivity contribution in [3.8, 4) is 17.3 Å². The minimum atomic E-state index is -0.626. The molecule has 0 spiro atoms. The summed E-state index contributed by atoms with van der Waals surface area (Å²) >= 11 is 0. The van der Waals surface area contributed by atoms with Crippen LogP contribution in [0.3, 0.4) is 0 Å². The second kappa shape index (κ2) is 6.94. The smallest absolute Gasteiger partial charge is 0.343 e. The Morgan fingerprint density at radius 1 is 1.03 bits per heavy atom. The minimum absolute atomic E-state index is 0.119. The molecule has 3 heterocycles. The third kappa shape index (κ3) is 3.16. The van der Waals surface area contributed by atoms with Crippen LogP contribution in [0.2, 0.25) is 0 Å². The molecule has 29 heavy (non-hydrogen) atoms. The average Bonchev–Trinajstić information content (AvgIpc) is 3.17. The van der Waals surface area contributed by atoms with Crippen molar-refractivity contribution in [1.82, 2.24) is 4.98 Å². The number of pyridine rings is 1. The molecule has 3 aromatic heterocycles. The lowest BCUT2D eigenvalue weighted by Gasteiger charge is -2.16. The number of benzene rings is 1. The van der Waals surface area contributed by atoms with Gasteiger partial charge in [-0.05, 0) is 50.2 Å². The molecule has 1 amide bonds. The molecule has 0 aliphatic carbocycles. The summed E-state index contributed by atoms with van der Waals surface area (Å²) < 4.78 is 11.1. The third-order valence-corrected chi connectivity index (χ3v) is 4.89. The van der Waals surface area contributed by atoms with E-state index in [2.05, 4.69) is 4.98 Å². The molecule has 1 N–H and O–H groups in total. The summed E-state index contributed by atoms with van der Waals surface area (Å²) in [5.74, 6) is 0.163. The minimum Gasteiger partial charge on any atom is -0.507 e. The summed E-state index contributed by atoms with van der Waals surface area (Å²) in [6.07, 6.45) is 3.25. The highest BCUT2D eigenvalue weighted by Crippen LogP contribution is 2.34. The van der Waals surface area contributed by atoms with Crippen molar-refractivity contribution in [2.75, 3.05) is 11.9 Å². The molecule has 4 aromatic rings. The Balaban J connectivity index is 1.74. The SMILES string of the molecule is Cc1c(-c2cc3cc(C(=O)N(C)c4ccncc4)ccc3o2)oc(=O)c(C)c1O. The van der Waals surface area contributed by atoms with Gasteiger partial charge in [0.15, 0.2) is 11.5 Å². The monoisotopic (exact) mass is 390 g/mol. The molecule has 0 radical (unpaired) electrons. The summed E-state index contributed by atoms with van der Waals surface area (Å²) in [6.45, 7) is 3.14. The fourth-order valence-electron chi connectivity index (χ4n) is 3.13. The summed E-state index contributed by atoms with van der Waals surface area (Å²) in [6, 6.07) is 10.3. The molecule has 0 aliphatic heterocycles. The number of nitrogens with zero attached hydrogens (tertiary/aromatic N) is 2. The molecule has 146 valence electrons. The Labute approximate surface area is 165 Å². The Morgan fingerprint density at radius 3 is 2.48 bits per heavy atom. The largest absolute Gasteiger partial charge is 0.507 e. The van der Waals surface area contributed by atoms with Crippen molar-refractivity contribution in [3.63, 3.8) is 0 Å². The van der Waals surface area contributed by atoms with Crippen LogP contribution in [0.25, 0.3) is 22.5 Å². The first kappa shape index (κ1) is 18.5. The van der Waals surface area contributed by atoms with Crippen LogP contribution in [-0.2, 0) is 0 Å². The first-order valence-corrected chi connectivity index (χ1v) is 8.92. The van der Waals surface area contributed by atoms with Gasteiger partial charge in [0.05, 0.1) is 5.56 Å². The van der Waals surface area contributed by atoms with E-state index in [0.717, 1.165) is 5.69 Å². The maximum absolute atomic E-state index is 12.8. The number of carbonyl (C=O) groups is 1. The number of carbonyl (C=O) groups excluding carboxylic acids is 1. The molecule has 0 atom stereocenters. The van der Waals surface area contributed by atoms with Gasteiger partial charge in [0.2, 0.25) is 0 Å². The van der Waals surface area contributed by atoms with Crippen molar-refractivity contribution in [2.45, 2.75) is 13.8 Å². The van der Waals surface area contributed by atoms with Gasteiger partial charge in [-0.2, -0.15) is 0 Å². The quantitative estimate of drug-likeness (QED) is 0.567. The van der Waals surface area contributed by atoms with Gasteiger partial charge in [0.1, 0.15) is 11.3 Å². The van der Waals surface area contributed by atoms with Crippen LogP contribution >= 0.6 is 0 Å². The van der Waals surface area contributed by atoms with Gasteiger partial charge in [0.25, 0.3) is 5.91 Å². The van der Waals surface area contributed by atoms with Gasteiger partial charge >= 0.3 is 5.63 Å². The number of amides is 1. The third-order valence-electron chi connectivity index (χ3n) is 4.89. The highest BCUT2D eigenvalue weighted by Gasteiger charge is 2.19. The lowest BCUT2D eigenvalue weighted by molar-refractivity contribution is 0.0993. The molecule has 0 fully saturated rings. The molecule has 0 aliphatic rings. The van der Waals surface area contributed by atoms with Crippen LogP contribution in [0.4, 0.5) is 5.69 Å². The Kier molecular flexibility index (Phi) is 4.43. The summed E-state index contributed by atoms with van der Waals surface area (Å²) in [7, 11) is 1.69. The summed E-state index contributed by atoms with van der Waals surface area (Å²) in [5, 5.41) is 10.8. The molecular formula is C22H18N2O5. The molecule has 7 nitrogen and oxygen atoms in total. The van der Waals surface area contributed by atoms with Crippen molar-refractivity contribution < 1.29 is 18.7 Å². The van der Waals surface area contributed by atoms with E-state index >= 15 is 0 Å². The number of hydrogen-bond donors (Lipinski definition) is 1. The zero-order valence-electron chi connectivity index (χ0n) is 16.1. The van der Waals surface area contributed by atoms with Gasteiger partial charge in [-0.25, -0.2) is 4.79 Å². The second-order valence-electron chi connectivity index (χ2n) is 6.75. The molecule has 0 bridgehead atoms. The van der Waals surface area contributed by atoms with Crippen LogP contribution in [0, 0.1) is 13.8 Å². The van der Waals surface area contributed by atoms with Crippen molar-refractivity contribution >= 4 is 22.6 Å². The van der Waals surface area contributed by atoms with Crippen LogP contribution in [0.5, 0.6) is 5.75 Å². The fraction of sp³-hybridized carbons (Fsp3) is 0.136. The van der Waals surface area contributed by atoms with E-state index < -0.39 is 5.63 Å².